The predicted molar refractivity (Wildman–Crippen MR) is 111 cm³/mol. The largest absolute Gasteiger partial charge is 0.455 e. The second-order valence-corrected chi connectivity index (χ2v) is 11.2. The Balaban J connectivity index is 1.65. The molecule has 1 heterocycles. The maximum Gasteiger partial charge on any atom is 0.315 e. The number of esters is 1. The Morgan fingerprint density at radius 1 is 1.21 bits per heavy atom. The van der Waals surface area contributed by atoms with E-state index < -0.39 is 38.3 Å². The summed E-state index contributed by atoms with van der Waals surface area (Å²) in [6.07, 6.45) is 2.96. The third kappa shape index (κ3) is 4.55. The number of nitrogens with zero attached hydrogens (tertiary/aromatic N) is 1. The van der Waals surface area contributed by atoms with Gasteiger partial charge in [0.1, 0.15) is 9.75 Å². The third-order valence-electron chi connectivity index (χ3n) is 5.48. The maximum atomic E-state index is 12.8. The highest BCUT2D eigenvalue weighted by Gasteiger charge is 2.69. The number of carbonyl (C=O) groups is 2. The molecular weight excluding hydrogens is 439 g/mol. The number of halogens is 2. The number of anilines is 1. The lowest BCUT2D eigenvalue weighted by Gasteiger charge is -2.26. The minimum Gasteiger partial charge on any atom is -0.455 e. The van der Waals surface area contributed by atoms with E-state index in [-0.39, 0.29) is 11.3 Å². The standard InChI is InChI=1S/C19H24Cl2N2O5S/c1-13-6-7-14(29(26,27)23-8-4-3-5-9-23)10-15(13)22-16(24)11-28-17(25)18(2)12-19(18,20)21/h6-7,10H,3-5,8-9,11-12H2,1-2H3,(H,22,24). The van der Waals surface area contributed by atoms with Crippen LogP contribution in [0.2, 0.25) is 0 Å². The summed E-state index contributed by atoms with van der Waals surface area (Å²) < 4.78 is 31.0. The Bertz CT molecular complexity index is 929. The maximum absolute atomic E-state index is 12.8. The van der Waals surface area contributed by atoms with E-state index in [4.69, 9.17) is 27.9 Å². The van der Waals surface area contributed by atoms with Crippen molar-refractivity contribution in [3.8, 4) is 0 Å². The van der Waals surface area contributed by atoms with Crippen LogP contribution >= 0.6 is 23.2 Å². The van der Waals surface area contributed by atoms with Crippen LogP contribution in [0.1, 0.15) is 38.2 Å². The van der Waals surface area contributed by atoms with Gasteiger partial charge in [0.2, 0.25) is 10.0 Å². The highest BCUT2D eigenvalue weighted by atomic mass is 35.5. The lowest BCUT2D eigenvalue weighted by Crippen LogP contribution is -2.35. The van der Waals surface area contributed by atoms with Crippen molar-refractivity contribution < 1.29 is 22.7 Å². The molecule has 2 aliphatic rings. The number of hydrogen-bond donors (Lipinski definition) is 1. The van der Waals surface area contributed by atoms with E-state index in [1.165, 1.54) is 16.4 Å². The Hall–Kier alpha value is -1.35. The first-order valence-corrected chi connectivity index (χ1v) is 11.6. The molecule has 29 heavy (non-hydrogen) atoms. The van der Waals surface area contributed by atoms with Crippen molar-refractivity contribution >= 4 is 50.8 Å². The summed E-state index contributed by atoms with van der Waals surface area (Å²) in [6, 6.07) is 4.60. The van der Waals surface area contributed by atoms with E-state index in [1.54, 1.807) is 19.9 Å². The predicted octanol–water partition coefficient (Wildman–Crippen LogP) is 3.24. The lowest BCUT2D eigenvalue weighted by atomic mass is 10.1. The van der Waals surface area contributed by atoms with Gasteiger partial charge in [-0.2, -0.15) is 4.31 Å². The monoisotopic (exact) mass is 462 g/mol. The molecule has 0 radical (unpaired) electrons. The molecule has 1 aromatic rings. The van der Waals surface area contributed by atoms with Crippen LogP contribution in [-0.2, 0) is 24.3 Å². The topological polar surface area (TPSA) is 92.8 Å². The van der Waals surface area contributed by atoms with E-state index >= 15 is 0 Å². The number of ether oxygens (including phenoxy) is 1. The van der Waals surface area contributed by atoms with E-state index in [1.807, 2.05) is 0 Å². The van der Waals surface area contributed by atoms with Crippen LogP contribution in [-0.4, -0.2) is 48.6 Å². The molecular formula is C19H24Cl2N2O5S. The quantitative estimate of drug-likeness (QED) is 0.517. The molecule has 160 valence electrons. The molecule has 1 aromatic carbocycles. The zero-order valence-corrected chi connectivity index (χ0v) is 18.7. The SMILES string of the molecule is Cc1ccc(S(=O)(=O)N2CCCCC2)cc1NC(=O)COC(=O)C1(C)CC1(Cl)Cl. The number of rotatable bonds is 6. The fourth-order valence-corrected chi connectivity index (χ4v) is 5.48. The summed E-state index contributed by atoms with van der Waals surface area (Å²) >= 11 is 11.9. The molecule has 7 nitrogen and oxygen atoms in total. The van der Waals surface area contributed by atoms with Crippen LogP contribution < -0.4 is 5.32 Å². The number of benzene rings is 1. The summed E-state index contributed by atoms with van der Waals surface area (Å²) in [6.45, 7) is 3.80. The van der Waals surface area contributed by atoms with E-state index in [2.05, 4.69) is 5.32 Å². The molecule has 0 spiro atoms. The molecule has 3 rings (SSSR count). The van der Waals surface area contributed by atoms with Crippen LogP contribution in [0.4, 0.5) is 5.69 Å². The Labute approximate surface area is 180 Å². The molecule has 1 saturated carbocycles. The highest BCUT2D eigenvalue weighted by Crippen LogP contribution is 2.64. The first kappa shape index (κ1) is 22.3. The van der Waals surface area contributed by atoms with Crippen LogP contribution in [0.15, 0.2) is 23.1 Å². The molecule has 10 heteroatoms. The van der Waals surface area contributed by atoms with E-state index in [9.17, 15) is 18.0 Å². The number of carbonyl (C=O) groups excluding carboxylic acids is 2. The number of amides is 1. The molecule has 1 N–H and O–H groups in total. The number of nitrogens with one attached hydrogen (secondary N) is 1. The first-order chi connectivity index (χ1) is 13.5. The smallest absolute Gasteiger partial charge is 0.315 e. The van der Waals surface area contributed by atoms with E-state index in [0.29, 0.717) is 24.3 Å². The van der Waals surface area contributed by atoms with Crippen LogP contribution in [0.3, 0.4) is 0 Å². The van der Waals surface area contributed by atoms with Crippen molar-refractivity contribution in [2.24, 2.45) is 5.41 Å². The summed E-state index contributed by atoms with van der Waals surface area (Å²) in [5.74, 6) is -1.22. The van der Waals surface area contributed by atoms with E-state index in [0.717, 1.165) is 19.3 Å². The second kappa shape index (κ2) is 8.06. The Morgan fingerprint density at radius 3 is 2.41 bits per heavy atom. The van der Waals surface area contributed by atoms with Crippen molar-refractivity contribution in [1.82, 2.24) is 4.31 Å². The van der Waals surface area contributed by atoms with Gasteiger partial charge in [-0.05, 0) is 44.4 Å². The molecule has 1 aliphatic heterocycles. The van der Waals surface area contributed by atoms with Crippen molar-refractivity contribution in [2.45, 2.75) is 48.8 Å². The Kier molecular flexibility index (Phi) is 6.21. The average molecular weight is 463 g/mol. The van der Waals surface area contributed by atoms with Gasteiger partial charge in [-0.3, -0.25) is 9.59 Å². The summed E-state index contributed by atoms with van der Waals surface area (Å²) in [7, 11) is -3.62. The minimum atomic E-state index is -3.62. The van der Waals surface area contributed by atoms with Crippen molar-refractivity contribution in [3.05, 3.63) is 23.8 Å². The molecule has 1 unspecified atom stereocenters. The first-order valence-electron chi connectivity index (χ1n) is 9.43. The number of hydrogen-bond acceptors (Lipinski definition) is 5. The van der Waals surface area contributed by atoms with Gasteiger partial charge in [0, 0.05) is 25.2 Å². The average Bonchev–Trinajstić information content (AvgIpc) is 3.21. The van der Waals surface area contributed by atoms with Gasteiger partial charge in [-0.25, -0.2) is 8.42 Å². The summed E-state index contributed by atoms with van der Waals surface area (Å²) in [4.78, 5) is 24.4. The zero-order valence-electron chi connectivity index (χ0n) is 16.3. The molecule has 1 atom stereocenters. The molecule has 1 amide bonds. The second-order valence-electron chi connectivity index (χ2n) is 7.78. The fraction of sp³-hybridized carbons (Fsp3) is 0.579. The number of alkyl halides is 2. The molecule has 2 fully saturated rings. The van der Waals surface area contributed by atoms with Gasteiger partial charge in [-0.1, -0.05) is 12.5 Å². The molecule has 1 aliphatic carbocycles. The van der Waals surface area contributed by atoms with Crippen LogP contribution in [0.25, 0.3) is 0 Å². The lowest BCUT2D eigenvalue weighted by molar-refractivity contribution is -0.152. The van der Waals surface area contributed by atoms with Gasteiger partial charge in [-0.15, -0.1) is 23.2 Å². The van der Waals surface area contributed by atoms with Gasteiger partial charge >= 0.3 is 5.97 Å². The van der Waals surface area contributed by atoms with Crippen molar-refractivity contribution in [1.29, 1.82) is 0 Å². The van der Waals surface area contributed by atoms with Gasteiger partial charge in [0.05, 0.1) is 4.90 Å². The Morgan fingerprint density at radius 2 is 1.83 bits per heavy atom. The minimum absolute atomic E-state index is 0.122. The van der Waals surface area contributed by atoms with Crippen molar-refractivity contribution in [2.75, 3.05) is 25.0 Å². The van der Waals surface area contributed by atoms with Crippen molar-refractivity contribution in [3.63, 3.8) is 0 Å². The number of sulfonamides is 1. The van der Waals surface area contributed by atoms with Gasteiger partial charge < -0.3 is 10.1 Å². The molecule has 1 saturated heterocycles. The highest BCUT2D eigenvalue weighted by molar-refractivity contribution is 7.89. The van der Waals surface area contributed by atoms with Crippen LogP contribution in [0, 0.1) is 12.3 Å². The third-order valence-corrected chi connectivity index (χ3v) is 8.47. The normalized spacial score (nSPS) is 24.0. The fourth-order valence-electron chi connectivity index (χ4n) is 3.25. The summed E-state index contributed by atoms with van der Waals surface area (Å²) in [5.41, 5.74) is 0.0251. The zero-order chi connectivity index (χ0) is 21.4. The number of piperidine rings is 1. The summed E-state index contributed by atoms with van der Waals surface area (Å²) in [5, 5.41) is 2.61. The molecule has 0 aromatic heterocycles. The van der Waals surface area contributed by atoms with Gasteiger partial charge in [0.25, 0.3) is 5.91 Å². The number of aryl methyl sites for hydroxylation is 1. The van der Waals surface area contributed by atoms with Crippen LogP contribution in [0.5, 0.6) is 0 Å². The van der Waals surface area contributed by atoms with Gasteiger partial charge in [0.15, 0.2) is 6.61 Å². The molecule has 0 bridgehead atoms.